The van der Waals surface area contributed by atoms with E-state index >= 15 is 0 Å². The molecule has 1 aliphatic rings. The summed E-state index contributed by atoms with van der Waals surface area (Å²) in [6.07, 6.45) is 0. The molecule has 3 N–H and O–H groups in total. The van der Waals surface area contributed by atoms with Crippen molar-refractivity contribution in [1.29, 1.82) is 0 Å². The number of carbonyl (C=O) groups is 1. The van der Waals surface area contributed by atoms with Crippen LogP contribution < -0.4 is 10.6 Å². The number of aromatic hydroxyl groups is 1. The van der Waals surface area contributed by atoms with Crippen LogP contribution in [0.15, 0.2) is 12.1 Å². The van der Waals surface area contributed by atoms with Crippen molar-refractivity contribution in [1.82, 2.24) is 10.6 Å². The molecular weight excluding hydrogens is 319 g/mol. The minimum Gasteiger partial charge on any atom is -0.507 e. The molecular formula is C11H13IN2O2. The molecule has 5 heteroatoms. The van der Waals surface area contributed by atoms with Gasteiger partial charge in [-0.25, -0.2) is 4.79 Å². The monoisotopic (exact) mass is 332 g/mol. The molecule has 1 aliphatic heterocycles. The van der Waals surface area contributed by atoms with Crippen LogP contribution in [-0.2, 0) is 5.54 Å². The number of phenolic OH excluding ortho intramolecular Hbond substituents is 1. The molecule has 4 nitrogen and oxygen atoms in total. The smallest absolute Gasteiger partial charge is 0.315 e. The fourth-order valence-electron chi connectivity index (χ4n) is 1.83. The van der Waals surface area contributed by atoms with Crippen molar-refractivity contribution in [2.45, 2.75) is 19.4 Å². The van der Waals surface area contributed by atoms with Crippen molar-refractivity contribution < 1.29 is 9.90 Å². The Balaban J connectivity index is 2.45. The number of benzene rings is 1. The van der Waals surface area contributed by atoms with Crippen molar-refractivity contribution in [3.05, 3.63) is 26.8 Å². The van der Waals surface area contributed by atoms with Gasteiger partial charge in [0.1, 0.15) is 5.75 Å². The molecule has 0 aromatic heterocycles. The number of phenols is 1. The van der Waals surface area contributed by atoms with Gasteiger partial charge in [0.15, 0.2) is 0 Å². The van der Waals surface area contributed by atoms with E-state index in [0.717, 1.165) is 14.7 Å². The van der Waals surface area contributed by atoms with Gasteiger partial charge in [-0.15, -0.1) is 0 Å². The van der Waals surface area contributed by atoms with Crippen LogP contribution in [0.5, 0.6) is 5.75 Å². The number of halogens is 1. The van der Waals surface area contributed by atoms with Gasteiger partial charge in [-0.05, 0) is 59.7 Å². The van der Waals surface area contributed by atoms with E-state index in [-0.39, 0.29) is 6.03 Å². The number of rotatable bonds is 1. The van der Waals surface area contributed by atoms with Crippen molar-refractivity contribution in [2.75, 3.05) is 6.54 Å². The maximum absolute atomic E-state index is 11.2. The molecule has 1 aromatic carbocycles. The number of nitrogens with one attached hydrogen (secondary N) is 2. The molecule has 0 spiro atoms. The third-order valence-corrected chi connectivity index (χ3v) is 3.71. The lowest BCUT2D eigenvalue weighted by molar-refractivity contribution is 0.245. The van der Waals surface area contributed by atoms with Crippen LogP contribution >= 0.6 is 22.6 Å². The fraction of sp³-hybridized carbons (Fsp3) is 0.364. The number of amides is 2. The van der Waals surface area contributed by atoms with Gasteiger partial charge in [0.05, 0.1) is 9.11 Å². The summed E-state index contributed by atoms with van der Waals surface area (Å²) in [4.78, 5) is 11.2. The Bertz CT molecular complexity index is 438. The van der Waals surface area contributed by atoms with Gasteiger partial charge in [0.25, 0.3) is 0 Å². The summed E-state index contributed by atoms with van der Waals surface area (Å²) >= 11 is 2.09. The van der Waals surface area contributed by atoms with Gasteiger partial charge in [-0.2, -0.15) is 0 Å². The van der Waals surface area contributed by atoms with Gasteiger partial charge in [-0.1, -0.05) is 0 Å². The summed E-state index contributed by atoms with van der Waals surface area (Å²) in [6.45, 7) is 4.38. The number of carbonyl (C=O) groups excluding carboxylic acids is 1. The van der Waals surface area contributed by atoms with Gasteiger partial charge in [0, 0.05) is 6.54 Å². The lowest BCUT2D eigenvalue weighted by Gasteiger charge is -2.24. The maximum Gasteiger partial charge on any atom is 0.315 e. The predicted molar refractivity (Wildman–Crippen MR) is 69.4 cm³/mol. The van der Waals surface area contributed by atoms with Crippen LogP contribution in [0.2, 0.25) is 0 Å². The lowest BCUT2D eigenvalue weighted by atomic mass is 9.92. The van der Waals surface area contributed by atoms with E-state index < -0.39 is 5.54 Å². The first-order valence-corrected chi connectivity index (χ1v) is 6.06. The van der Waals surface area contributed by atoms with Crippen LogP contribution in [0.4, 0.5) is 4.79 Å². The zero-order chi connectivity index (χ0) is 11.9. The van der Waals surface area contributed by atoms with Crippen molar-refractivity contribution in [3.8, 4) is 5.75 Å². The highest BCUT2D eigenvalue weighted by Crippen LogP contribution is 2.31. The third-order valence-electron chi connectivity index (χ3n) is 2.88. The Morgan fingerprint density at radius 1 is 1.50 bits per heavy atom. The zero-order valence-electron chi connectivity index (χ0n) is 9.10. The van der Waals surface area contributed by atoms with Gasteiger partial charge < -0.3 is 15.7 Å². The Labute approximate surface area is 108 Å². The Morgan fingerprint density at radius 2 is 2.19 bits per heavy atom. The first kappa shape index (κ1) is 11.5. The van der Waals surface area contributed by atoms with Crippen LogP contribution in [0, 0.1) is 10.5 Å². The summed E-state index contributed by atoms with van der Waals surface area (Å²) in [7, 11) is 0. The molecule has 2 rings (SSSR count). The van der Waals surface area contributed by atoms with E-state index in [1.165, 1.54) is 0 Å². The molecule has 16 heavy (non-hydrogen) atoms. The van der Waals surface area contributed by atoms with E-state index in [0.29, 0.717) is 12.3 Å². The summed E-state index contributed by atoms with van der Waals surface area (Å²) in [6, 6.07) is 3.66. The molecule has 1 aromatic rings. The Morgan fingerprint density at radius 3 is 2.69 bits per heavy atom. The minimum atomic E-state index is -0.393. The van der Waals surface area contributed by atoms with Gasteiger partial charge in [0.2, 0.25) is 0 Å². The van der Waals surface area contributed by atoms with Crippen LogP contribution in [-0.4, -0.2) is 17.7 Å². The molecule has 1 unspecified atom stereocenters. The van der Waals surface area contributed by atoms with Crippen LogP contribution in [0.3, 0.4) is 0 Å². The minimum absolute atomic E-state index is 0.150. The molecule has 1 heterocycles. The van der Waals surface area contributed by atoms with Gasteiger partial charge in [-0.3, -0.25) is 0 Å². The number of aryl methyl sites for hydroxylation is 1. The standard InChI is InChI=1S/C11H13IN2O2/c1-6-3-7(4-8(12)9(6)15)11(2)5-13-10(16)14-11/h3-4,15H,5H2,1-2H3,(H2,13,14,16). The second-order valence-electron chi connectivity index (χ2n) is 4.26. The quantitative estimate of drug-likeness (QED) is 0.687. The van der Waals surface area contributed by atoms with Crippen LogP contribution in [0.1, 0.15) is 18.1 Å². The van der Waals surface area contributed by atoms with E-state index in [2.05, 4.69) is 33.2 Å². The molecule has 1 saturated heterocycles. The largest absolute Gasteiger partial charge is 0.507 e. The van der Waals surface area contributed by atoms with Crippen LogP contribution in [0.25, 0.3) is 0 Å². The number of hydrogen-bond donors (Lipinski definition) is 3. The fourth-order valence-corrected chi connectivity index (χ4v) is 2.59. The highest BCUT2D eigenvalue weighted by atomic mass is 127. The van der Waals surface area contributed by atoms with E-state index in [1.54, 1.807) is 0 Å². The highest BCUT2D eigenvalue weighted by molar-refractivity contribution is 14.1. The average Bonchev–Trinajstić information content (AvgIpc) is 2.56. The molecule has 0 aliphatic carbocycles. The summed E-state index contributed by atoms with van der Waals surface area (Å²) in [5.74, 6) is 0.310. The number of hydrogen-bond acceptors (Lipinski definition) is 2. The second kappa shape index (κ2) is 3.80. The maximum atomic E-state index is 11.2. The Hall–Kier alpha value is -0.980. The summed E-state index contributed by atoms with van der Waals surface area (Å²) in [5.41, 5.74) is 1.44. The van der Waals surface area contributed by atoms with E-state index in [4.69, 9.17) is 0 Å². The van der Waals surface area contributed by atoms with E-state index in [9.17, 15) is 9.90 Å². The summed E-state index contributed by atoms with van der Waals surface area (Å²) < 4.78 is 0.801. The number of urea groups is 1. The van der Waals surface area contributed by atoms with Gasteiger partial charge >= 0.3 is 6.03 Å². The van der Waals surface area contributed by atoms with Crippen molar-refractivity contribution in [3.63, 3.8) is 0 Å². The Kier molecular flexibility index (Phi) is 2.73. The first-order chi connectivity index (χ1) is 7.42. The molecule has 1 fully saturated rings. The first-order valence-electron chi connectivity index (χ1n) is 4.98. The second-order valence-corrected chi connectivity index (χ2v) is 5.43. The molecule has 1 atom stereocenters. The molecule has 2 amide bonds. The van der Waals surface area contributed by atoms with Crippen molar-refractivity contribution in [2.24, 2.45) is 0 Å². The molecule has 0 saturated carbocycles. The molecule has 0 bridgehead atoms. The van der Waals surface area contributed by atoms with Crippen molar-refractivity contribution >= 4 is 28.6 Å². The SMILES string of the molecule is Cc1cc(C2(C)CNC(=O)N2)cc(I)c1O. The molecule has 0 radical (unpaired) electrons. The lowest BCUT2D eigenvalue weighted by Crippen LogP contribution is -2.37. The summed E-state index contributed by atoms with van der Waals surface area (Å²) in [5, 5.41) is 15.3. The van der Waals surface area contributed by atoms with E-state index in [1.807, 2.05) is 26.0 Å². The molecule has 86 valence electrons. The average molecular weight is 332 g/mol. The normalized spacial score (nSPS) is 24.1. The predicted octanol–water partition coefficient (Wildman–Crippen LogP) is 1.83. The zero-order valence-corrected chi connectivity index (χ0v) is 11.3. The third kappa shape index (κ3) is 1.83. The topological polar surface area (TPSA) is 61.4 Å². The highest BCUT2D eigenvalue weighted by Gasteiger charge is 2.35.